The molecule has 0 N–H and O–H groups in total. The molecule has 0 spiro atoms. The van der Waals surface area contributed by atoms with Crippen molar-refractivity contribution in [3.05, 3.63) is 0 Å². The number of rotatable bonds is 21. The molecule has 2 saturated heterocycles. The molecule has 218 valence electrons. The number of ether oxygens (including phenoxy) is 7. The highest BCUT2D eigenvalue weighted by atomic mass is 16.8. The molecule has 37 heavy (non-hydrogen) atoms. The van der Waals surface area contributed by atoms with Crippen molar-refractivity contribution >= 4 is 5.97 Å². The minimum atomic E-state index is -0.547. The highest BCUT2D eigenvalue weighted by molar-refractivity contribution is 5.69. The van der Waals surface area contributed by atoms with Crippen LogP contribution in [0, 0.1) is 0 Å². The van der Waals surface area contributed by atoms with Gasteiger partial charge in [0.1, 0.15) is 18.3 Å². The molecule has 0 saturated carbocycles. The van der Waals surface area contributed by atoms with E-state index < -0.39 is 17.7 Å². The van der Waals surface area contributed by atoms with Gasteiger partial charge in [0.05, 0.1) is 39.6 Å². The highest BCUT2D eigenvalue weighted by Gasteiger charge is 2.36. The summed E-state index contributed by atoms with van der Waals surface area (Å²) in [6.07, 6.45) is 12.2. The third-order valence-electron chi connectivity index (χ3n) is 7.26. The second-order valence-electron chi connectivity index (χ2n) is 10.8. The molecule has 4 unspecified atom stereocenters. The second kappa shape index (κ2) is 17.7. The standard InChI is InChI=1S/C29H54O8/c1-6-9-10-11-12-13-14-15-16-17-27(30)35-24(18-31-20-25-22-33-28(4,7-2)36-25)19-32-21-26-23-34-29(5,8-3)37-26/h24-26H,6-23H2,1-5H3. The molecule has 4 atom stereocenters. The maximum atomic E-state index is 12.5. The van der Waals surface area contributed by atoms with E-state index in [9.17, 15) is 4.79 Å². The summed E-state index contributed by atoms with van der Waals surface area (Å²) in [7, 11) is 0. The van der Waals surface area contributed by atoms with Crippen molar-refractivity contribution in [2.75, 3.05) is 39.6 Å². The third kappa shape index (κ3) is 13.2. The number of carbonyl (C=O) groups excluding carboxylic acids is 1. The lowest BCUT2D eigenvalue weighted by Crippen LogP contribution is -2.33. The Hall–Kier alpha value is -0.770. The topological polar surface area (TPSA) is 81.7 Å². The van der Waals surface area contributed by atoms with Crippen LogP contribution in [0.3, 0.4) is 0 Å². The Morgan fingerprint density at radius 3 is 1.65 bits per heavy atom. The van der Waals surface area contributed by atoms with E-state index in [-0.39, 0.29) is 31.4 Å². The van der Waals surface area contributed by atoms with E-state index in [4.69, 9.17) is 33.2 Å². The number of hydrogen-bond acceptors (Lipinski definition) is 8. The average molecular weight is 531 g/mol. The first-order valence-electron chi connectivity index (χ1n) is 14.8. The maximum absolute atomic E-state index is 12.5. The van der Waals surface area contributed by atoms with Gasteiger partial charge in [-0.05, 0) is 33.1 Å². The number of hydrogen-bond donors (Lipinski definition) is 0. The van der Waals surface area contributed by atoms with Crippen LogP contribution in [-0.4, -0.2) is 75.5 Å². The van der Waals surface area contributed by atoms with Crippen molar-refractivity contribution in [3.8, 4) is 0 Å². The van der Waals surface area contributed by atoms with E-state index in [1.54, 1.807) is 0 Å². The molecule has 2 aliphatic rings. The summed E-state index contributed by atoms with van der Waals surface area (Å²) < 4.78 is 40.8. The van der Waals surface area contributed by atoms with E-state index in [2.05, 4.69) is 6.92 Å². The molecule has 0 aromatic heterocycles. The van der Waals surface area contributed by atoms with Crippen LogP contribution in [0.25, 0.3) is 0 Å². The lowest BCUT2D eigenvalue weighted by molar-refractivity contribution is -0.169. The van der Waals surface area contributed by atoms with Gasteiger partial charge < -0.3 is 33.2 Å². The molecule has 0 bridgehead atoms. The molecule has 0 aliphatic carbocycles. The van der Waals surface area contributed by atoms with Crippen LogP contribution in [-0.2, 0) is 38.0 Å². The predicted molar refractivity (Wildman–Crippen MR) is 142 cm³/mol. The molecule has 0 radical (unpaired) electrons. The van der Waals surface area contributed by atoms with Gasteiger partial charge in [-0.3, -0.25) is 4.79 Å². The molecule has 0 aromatic carbocycles. The molecule has 8 heteroatoms. The molecule has 2 heterocycles. The summed E-state index contributed by atoms with van der Waals surface area (Å²) in [6.45, 7) is 12.5. The van der Waals surface area contributed by atoms with Crippen molar-refractivity contribution < 1.29 is 38.0 Å². The molecular weight excluding hydrogens is 476 g/mol. The van der Waals surface area contributed by atoms with Crippen molar-refractivity contribution in [1.82, 2.24) is 0 Å². The summed E-state index contributed by atoms with van der Waals surface area (Å²) in [6, 6.07) is 0. The first-order chi connectivity index (χ1) is 17.8. The Morgan fingerprint density at radius 1 is 0.757 bits per heavy atom. The van der Waals surface area contributed by atoms with Crippen LogP contribution >= 0.6 is 0 Å². The normalized spacial score (nSPS) is 28.6. The van der Waals surface area contributed by atoms with Crippen LogP contribution < -0.4 is 0 Å². The number of esters is 1. The van der Waals surface area contributed by atoms with E-state index in [0.717, 1.165) is 25.7 Å². The Labute approximate surface area is 225 Å². The zero-order chi connectivity index (χ0) is 27.0. The fraction of sp³-hybridized carbons (Fsp3) is 0.966. The first-order valence-corrected chi connectivity index (χ1v) is 14.8. The van der Waals surface area contributed by atoms with Crippen molar-refractivity contribution in [1.29, 1.82) is 0 Å². The van der Waals surface area contributed by atoms with E-state index in [1.165, 1.54) is 44.9 Å². The van der Waals surface area contributed by atoms with Crippen molar-refractivity contribution in [2.45, 2.75) is 142 Å². The van der Waals surface area contributed by atoms with Gasteiger partial charge in [0.15, 0.2) is 11.6 Å². The molecule has 2 rings (SSSR count). The molecule has 2 aliphatic heterocycles. The largest absolute Gasteiger partial charge is 0.457 e. The average Bonchev–Trinajstić information content (AvgIpc) is 3.46. The minimum Gasteiger partial charge on any atom is -0.457 e. The molecular formula is C29H54O8. The fourth-order valence-electron chi connectivity index (χ4n) is 4.52. The van der Waals surface area contributed by atoms with Crippen molar-refractivity contribution in [3.63, 3.8) is 0 Å². The lowest BCUT2D eigenvalue weighted by Gasteiger charge is -2.23. The number of carbonyl (C=O) groups is 1. The molecule has 0 amide bonds. The van der Waals surface area contributed by atoms with E-state index in [1.807, 2.05) is 27.7 Å². The van der Waals surface area contributed by atoms with E-state index in [0.29, 0.717) is 32.8 Å². The summed E-state index contributed by atoms with van der Waals surface area (Å²) in [5, 5.41) is 0. The van der Waals surface area contributed by atoms with Gasteiger partial charge in [-0.2, -0.15) is 0 Å². The SMILES string of the molecule is CCCCCCCCCCCC(=O)OC(COCC1COC(C)(CC)O1)COCC1COC(C)(CC)O1. The van der Waals surface area contributed by atoms with Gasteiger partial charge in [0.2, 0.25) is 0 Å². The smallest absolute Gasteiger partial charge is 0.306 e. The minimum absolute atomic E-state index is 0.125. The summed E-state index contributed by atoms with van der Waals surface area (Å²) in [4.78, 5) is 12.5. The summed E-state index contributed by atoms with van der Waals surface area (Å²) in [5.74, 6) is -1.29. The second-order valence-corrected chi connectivity index (χ2v) is 10.8. The van der Waals surface area contributed by atoms with Crippen LogP contribution in [0.2, 0.25) is 0 Å². The Morgan fingerprint density at radius 2 is 1.22 bits per heavy atom. The first kappa shape index (κ1) is 32.4. The van der Waals surface area contributed by atoms with Gasteiger partial charge in [-0.15, -0.1) is 0 Å². The monoisotopic (exact) mass is 530 g/mol. The predicted octanol–water partition coefficient (Wildman–Crippen LogP) is 5.94. The van der Waals surface area contributed by atoms with Crippen LogP contribution in [0.15, 0.2) is 0 Å². The van der Waals surface area contributed by atoms with Gasteiger partial charge in [-0.1, -0.05) is 72.1 Å². The lowest BCUT2D eigenvalue weighted by atomic mass is 10.1. The zero-order valence-corrected chi connectivity index (χ0v) is 24.2. The molecule has 2 fully saturated rings. The molecule has 0 aromatic rings. The van der Waals surface area contributed by atoms with Crippen molar-refractivity contribution in [2.24, 2.45) is 0 Å². The van der Waals surface area contributed by atoms with Crippen LogP contribution in [0.5, 0.6) is 0 Å². The number of unbranched alkanes of at least 4 members (excludes halogenated alkanes) is 8. The Balaban J connectivity index is 1.68. The Bertz CT molecular complexity index is 583. The Kier molecular flexibility index (Phi) is 15.6. The third-order valence-corrected chi connectivity index (χ3v) is 7.26. The van der Waals surface area contributed by atoms with E-state index >= 15 is 0 Å². The van der Waals surface area contributed by atoms with Crippen LogP contribution in [0.4, 0.5) is 0 Å². The summed E-state index contributed by atoms with van der Waals surface area (Å²) in [5.41, 5.74) is 0. The fourth-order valence-corrected chi connectivity index (χ4v) is 4.52. The van der Waals surface area contributed by atoms with Gasteiger partial charge in [-0.25, -0.2) is 0 Å². The van der Waals surface area contributed by atoms with Gasteiger partial charge >= 0.3 is 5.97 Å². The van der Waals surface area contributed by atoms with Gasteiger partial charge in [0.25, 0.3) is 0 Å². The van der Waals surface area contributed by atoms with Gasteiger partial charge in [0, 0.05) is 6.42 Å². The molecule has 8 nitrogen and oxygen atoms in total. The van der Waals surface area contributed by atoms with Crippen LogP contribution in [0.1, 0.15) is 112 Å². The summed E-state index contributed by atoms with van der Waals surface area (Å²) >= 11 is 0. The maximum Gasteiger partial charge on any atom is 0.306 e. The highest BCUT2D eigenvalue weighted by Crippen LogP contribution is 2.27. The quantitative estimate of drug-likeness (QED) is 0.133. The zero-order valence-electron chi connectivity index (χ0n) is 24.2.